The van der Waals surface area contributed by atoms with Gasteiger partial charge >= 0.3 is 0 Å². The first kappa shape index (κ1) is 11.0. The van der Waals surface area contributed by atoms with Crippen molar-refractivity contribution in [1.82, 2.24) is 10.2 Å². The zero-order valence-electron chi connectivity index (χ0n) is 9.09. The zero-order valence-corrected chi connectivity index (χ0v) is 9.09. The Morgan fingerprint density at radius 3 is 2.38 bits per heavy atom. The van der Waals surface area contributed by atoms with E-state index in [9.17, 15) is 0 Å². The number of piperazine rings is 1. The summed E-state index contributed by atoms with van der Waals surface area (Å²) in [7, 11) is 0. The molecule has 1 fully saturated rings. The number of nitrogens with zero attached hydrogens (tertiary/aromatic N) is 1. The second-order valence-corrected chi connectivity index (χ2v) is 4.36. The number of nitrogens with one attached hydrogen (secondary N) is 1. The predicted octanol–water partition coefficient (Wildman–Crippen LogP) is 0.406. The molecule has 3 nitrogen and oxygen atoms in total. The van der Waals surface area contributed by atoms with Gasteiger partial charge in [0, 0.05) is 37.8 Å². The van der Waals surface area contributed by atoms with E-state index >= 15 is 0 Å². The molecule has 13 heavy (non-hydrogen) atoms. The Bertz CT molecular complexity index is 137. The van der Waals surface area contributed by atoms with Gasteiger partial charge in [0.25, 0.3) is 0 Å². The molecule has 0 spiro atoms. The van der Waals surface area contributed by atoms with Gasteiger partial charge in [-0.05, 0) is 27.2 Å². The first-order valence-electron chi connectivity index (χ1n) is 5.33. The van der Waals surface area contributed by atoms with Gasteiger partial charge in [0.1, 0.15) is 0 Å². The molecule has 3 atom stereocenters. The summed E-state index contributed by atoms with van der Waals surface area (Å²) in [6, 6.07) is 1.64. The van der Waals surface area contributed by atoms with Crippen LogP contribution in [0.2, 0.25) is 0 Å². The lowest BCUT2D eigenvalue weighted by Crippen LogP contribution is -2.55. The molecule has 0 bridgehead atoms. The molecule has 0 aromatic rings. The number of nitrogens with two attached hydrogens (primary N) is 1. The SMILES string of the molecule is CC(N)CCN1C(C)CNCC1C. The lowest BCUT2D eigenvalue weighted by Gasteiger charge is -2.39. The molecular formula is C10H23N3. The Kier molecular flexibility index (Phi) is 4.16. The lowest BCUT2D eigenvalue weighted by atomic mass is 10.1. The molecule has 0 saturated carbocycles. The minimum atomic E-state index is 0.328. The average Bonchev–Trinajstić information content (AvgIpc) is 2.03. The van der Waals surface area contributed by atoms with Gasteiger partial charge in [-0.2, -0.15) is 0 Å². The molecule has 0 amide bonds. The lowest BCUT2D eigenvalue weighted by molar-refractivity contribution is 0.113. The molecule has 1 heterocycles. The predicted molar refractivity (Wildman–Crippen MR) is 56.8 cm³/mol. The fourth-order valence-electron chi connectivity index (χ4n) is 1.96. The third kappa shape index (κ3) is 3.25. The monoisotopic (exact) mass is 185 g/mol. The second kappa shape index (κ2) is 4.94. The highest BCUT2D eigenvalue weighted by Crippen LogP contribution is 2.10. The minimum Gasteiger partial charge on any atom is -0.328 e. The highest BCUT2D eigenvalue weighted by atomic mass is 15.2. The van der Waals surface area contributed by atoms with E-state index in [0.29, 0.717) is 18.1 Å². The quantitative estimate of drug-likeness (QED) is 0.669. The molecule has 0 aromatic carbocycles. The molecule has 78 valence electrons. The Labute approximate surface area is 81.7 Å². The normalized spacial score (nSPS) is 33.2. The largest absolute Gasteiger partial charge is 0.328 e. The van der Waals surface area contributed by atoms with Crippen LogP contribution in [0.25, 0.3) is 0 Å². The molecule has 3 N–H and O–H groups in total. The molecule has 0 aromatic heterocycles. The van der Waals surface area contributed by atoms with E-state index in [-0.39, 0.29) is 0 Å². The van der Waals surface area contributed by atoms with Crippen LogP contribution in [0.5, 0.6) is 0 Å². The molecule has 0 aliphatic carbocycles. The van der Waals surface area contributed by atoms with Gasteiger partial charge in [-0.3, -0.25) is 4.90 Å². The average molecular weight is 185 g/mol. The van der Waals surface area contributed by atoms with Crippen LogP contribution in [0, 0.1) is 0 Å². The van der Waals surface area contributed by atoms with Crippen LogP contribution in [0.1, 0.15) is 27.2 Å². The summed E-state index contributed by atoms with van der Waals surface area (Å²) in [5, 5.41) is 3.43. The van der Waals surface area contributed by atoms with Crippen molar-refractivity contribution < 1.29 is 0 Å². The molecule has 3 unspecified atom stereocenters. The standard InChI is InChI=1S/C10H23N3/c1-8(11)4-5-13-9(2)6-12-7-10(13)3/h8-10,12H,4-7,11H2,1-3H3. The summed E-state index contributed by atoms with van der Waals surface area (Å²) < 4.78 is 0. The highest BCUT2D eigenvalue weighted by Gasteiger charge is 2.23. The minimum absolute atomic E-state index is 0.328. The third-order valence-corrected chi connectivity index (χ3v) is 2.85. The second-order valence-electron chi connectivity index (χ2n) is 4.36. The summed E-state index contributed by atoms with van der Waals surface area (Å²) >= 11 is 0. The fourth-order valence-corrected chi connectivity index (χ4v) is 1.96. The van der Waals surface area contributed by atoms with Crippen LogP contribution in [0.15, 0.2) is 0 Å². The summed E-state index contributed by atoms with van der Waals surface area (Å²) in [5.74, 6) is 0. The van der Waals surface area contributed by atoms with E-state index in [0.717, 1.165) is 26.1 Å². The smallest absolute Gasteiger partial charge is 0.0195 e. The summed E-state index contributed by atoms with van der Waals surface area (Å²) in [4.78, 5) is 2.56. The Hall–Kier alpha value is -0.120. The van der Waals surface area contributed by atoms with Crippen LogP contribution in [-0.4, -0.2) is 42.7 Å². The molecule has 1 rings (SSSR count). The molecule has 1 aliphatic rings. The van der Waals surface area contributed by atoms with E-state index in [1.165, 1.54) is 0 Å². The Balaban J connectivity index is 2.35. The van der Waals surface area contributed by atoms with Crippen LogP contribution < -0.4 is 11.1 Å². The van der Waals surface area contributed by atoms with Crippen molar-refractivity contribution in [3.63, 3.8) is 0 Å². The van der Waals surface area contributed by atoms with Crippen LogP contribution >= 0.6 is 0 Å². The summed E-state index contributed by atoms with van der Waals surface area (Å²) in [5.41, 5.74) is 5.76. The van der Waals surface area contributed by atoms with Gasteiger partial charge in [-0.15, -0.1) is 0 Å². The van der Waals surface area contributed by atoms with Gasteiger partial charge in [0.2, 0.25) is 0 Å². The van der Waals surface area contributed by atoms with Crippen molar-refractivity contribution in [2.45, 2.75) is 45.3 Å². The van der Waals surface area contributed by atoms with E-state index in [1.54, 1.807) is 0 Å². The topological polar surface area (TPSA) is 41.3 Å². The van der Waals surface area contributed by atoms with E-state index in [1.807, 2.05) is 0 Å². The number of hydrogen-bond donors (Lipinski definition) is 2. The first-order chi connectivity index (χ1) is 6.11. The number of hydrogen-bond acceptors (Lipinski definition) is 3. The Morgan fingerprint density at radius 1 is 1.38 bits per heavy atom. The maximum Gasteiger partial charge on any atom is 0.0195 e. The van der Waals surface area contributed by atoms with Gasteiger partial charge in [-0.25, -0.2) is 0 Å². The molecule has 1 aliphatic heterocycles. The summed E-state index contributed by atoms with van der Waals surface area (Å²) in [6.07, 6.45) is 1.11. The van der Waals surface area contributed by atoms with E-state index in [2.05, 4.69) is 31.0 Å². The Morgan fingerprint density at radius 2 is 1.92 bits per heavy atom. The summed E-state index contributed by atoms with van der Waals surface area (Å²) in [6.45, 7) is 10.0. The van der Waals surface area contributed by atoms with Crippen LogP contribution in [0.3, 0.4) is 0 Å². The van der Waals surface area contributed by atoms with Crippen LogP contribution in [-0.2, 0) is 0 Å². The van der Waals surface area contributed by atoms with Crippen molar-refractivity contribution >= 4 is 0 Å². The maximum atomic E-state index is 5.76. The zero-order chi connectivity index (χ0) is 9.84. The molecule has 0 radical (unpaired) electrons. The van der Waals surface area contributed by atoms with E-state index in [4.69, 9.17) is 5.73 Å². The fraction of sp³-hybridized carbons (Fsp3) is 1.00. The van der Waals surface area contributed by atoms with Gasteiger partial charge in [0.05, 0.1) is 0 Å². The van der Waals surface area contributed by atoms with Crippen molar-refractivity contribution in [2.75, 3.05) is 19.6 Å². The van der Waals surface area contributed by atoms with Crippen molar-refractivity contribution in [2.24, 2.45) is 5.73 Å². The van der Waals surface area contributed by atoms with Crippen molar-refractivity contribution in [3.8, 4) is 0 Å². The molecular weight excluding hydrogens is 162 g/mol. The van der Waals surface area contributed by atoms with E-state index < -0.39 is 0 Å². The maximum absolute atomic E-state index is 5.76. The van der Waals surface area contributed by atoms with Crippen LogP contribution in [0.4, 0.5) is 0 Å². The third-order valence-electron chi connectivity index (χ3n) is 2.85. The highest BCUT2D eigenvalue weighted by molar-refractivity contribution is 4.82. The molecule has 3 heteroatoms. The van der Waals surface area contributed by atoms with Gasteiger partial charge in [0.15, 0.2) is 0 Å². The molecule has 1 saturated heterocycles. The van der Waals surface area contributed by atoms with Crippen molar-refractivity contribution in [3.05, 3.63) is 0 Å². The van der Waals surface area contributed by atoms with Crippen molar-refractivity contribution in [1.29, 1.82) is 0 Å². The van der Waals surface area contributed by atoms with Gasteiger partial charge < -0.3 is 11.1 Å². The number of rotatable bonds is 3. The van der Waals surface area contributed by atoms with Gasteiger partial charge in [-0.1, -0.05) is 0 Å². The first-order valence-corrected chi connectivity index (χ1v) is 5.33.